The Bertz CT molecular complexity index is 249. The van der Waals surface area contributed by atoms with Crippen molar-refractivity contribution < 1.29 is 9.53 Å². The summed E-state index contributed by atoms with van der Waals surface area (Å²) in [6, 6.07) is 0.133. The topological polar surface area (TPSA) is 32.8 Å². The van der Waals surface area contributed by atoms with Crippen LogP contribution in [0.1, 0.15) is 34.6 Å². The van der Waals surface area contributed by atoms with E-state index in [1.807, 2.05) is 44.4 Å². The average molecular weight is 228 g/mol. The second kappa shape index (κ2) is 5.04. The van der Waals surface area contributed by atoms with Gasteiger partial charge in [-0.15, -0.1) is 0 Å². The van der Waals surface area contributed by atoms with Crippen molar-refractivity contribution in [2.75, 3.05) is 26.2 Å². The highest BCUT2D eigenvalue weighted by Crippen LogP contribution is 2.21. The van der Waals surface area contributed by atoms with Crippen LogP contribution in [0, 0.1) is 0 Å². The van der Waals surface area contributed by atoms with Gasteiger partial charge in [0.15, 0.2) is 0 Å². The van der Waals surface area contributed by atoms with Gasteiger partial charge in [0.05, 0.1) is 18.2 Å². The fourth-order valence-electron chi connectivity index (χ4n) is 2.29. The normalized spacial score (nSPS) is 24.3. The summed E-state index contributed by atoms with van der Waals surface area (Å²) in [7, 11) is 0. The first-order valence-electron chi connectivity index (χ1n) is 6.11. The van der Waals surface area contributed by atoms with Crippen LogP contribution in [0.4, 0.5) is 4.79 Å². The van der Waals surface area contributed by atoms with Crippen LogP contribution in [0.2, 0.25) is 0 Å². The molecule has 1 unspecified atom stereocenters. The maximum atomic E-state index is 12.2. The Balaban J connectivity index is 2.69. The van der Waals surface area contributed by atoms with Gasteiger partial charge in [-0.05, 0) is 34.6 Å². The predicted octanol–water partition coefficient (Wildman–Crippen LogP) is 1.95. The number of urea groups is 1. The number of ether oxygens (including phenoxy) is 1. The zero-order chi connectivity index (χ0) is 12.3. The summed E-state index contributed by atoms with van der Waals surface area (Å²) in [5.41, 5.74) is -0.236. The second-order valence-corrected chi connectivity index (χ2v) is 5.02. The van der Waals surface area contributed by atoms with Gasteiger partial charge in [-0.3, -0.25) is 0 Å². The minimum atomic E-state index is -0.236. The van der Waals surface area contributed by atoms with Gasteiger partial charge in [0, 0.05) is 19.6 Å². The van der Waals surface area contributed by atoms with Gasteiger partial charge < -0.3 is 14.5 Å². The smallest absolute Gasteiger partial charge is 0.320 e. The molecule has 0 spiro atoms. The molecule has 16 heavy (non-hydrogen) atoms. The van der Waals surface area contributed by atoms with Gasteiger partial charge in [-0.1, -0.05) is 0 Å². The highest BCUT2D eigenvalue weighted by atomic mass is 16.5. The Labute approximate surface area is 98.5 Å². The fourth-order valence-corrected chi connectivity index (χ4v) is 2.29. The number of nitrogens with zero attached hydrogens (tertiary/aromatic N) is 2. The van der Waals surface area contributed by atoms with Crippen LogP contribution in [0.15, 0.2) is 0 Å². The summed E-state index contributed by atoms with van der Waals surface area (Å²) in [6.07, 6.45) is 0.114. The lowest BCUT2D eigenvalue weighted by Gasteiger charge is -2.43. The van der Waals surface area contributed by atoms with Crippen LogP contribution in [0.25, 0.3) is 0 Å². The molecule has 1 fully saturated rings. The summed E-state index contributed by atoms with van der Waals surface area (Å²) in [6.45, 7) is 13.0. The Morgan fingerprint density at radius 3 is 2.44 bits per heavy atom. The Morgan fingerprint density at radius 2 is 2.00 bits per heavy atom. The van der Waals surface area contributed by atoms with E-state index in [1.54, 1.807) is 0 Å². The Kier molecular flexibility index (Phi) is 4.19. The average Bonchev–Trinajstić information content (AvgIpc) is 2.16. The molecular weight excluding hydrogens is 204 g/mol. The summed E-state index contributed by atoms with van der Waals surface area (Å²) >= 11 is 0. The van der Waals surface area contributed by atoms with E-state index in [9.17, 15) is 4.79 Å². The molecule has 0 N–H and O–H groups in total. The molecule has 0 bridgehead atoms. The summed E-state index contributed by atoms with van der Waals surface area (Å²) in [5.74, 6) is 0. The van der Waals surface area contributed by atoms with E-state index in [2.05, 4.69) is 0 Å². The van der Waals surface area contributed by atoms with Crippen LogP contribution >= 0.6 is 0 Å². The van der Waals surface area contributed by atoms with E-state index in [4.69, 9.17) is 4.74 Å². The third kappa shape index (κ3) is 3.11. The van der Waals surface area contributed by atoms with E-state index >= 15 is 0 Å². The quantitative estimate of drug-likeness (QED) is 0.723. The highest BCUT2D eigenvalue weighted by molar-refractivity contribution is 5.74. The number of rotatable bonds is 2. The van der Waals surface area contributed by atoms with Crippen molar-refractivity contribution in [3.05, 3.63) is 0 Å². The van der Waals surface area contributed by atoms with Crippen LogP contribution < -0.4 is 0 Å². The lowest BCUT2D eigenvalue weighted by molar-refractivity contribution is -0.119. The zero-order valence-corrected chi connectivity index (χ0v) is 11.1. The van der Waals surface area contributed by atoms with Gasteiger partial charge in [0.25, 0.3) is 0 Å². The minimum Gasteiger partial charge on any atom is -0.369 e. The van der Waals surface area contributed by atoms with Crippen molar-refractivity contribution in [2.45, 2.75) is 46.3 Å². The molecule has 0 radical (unpaired) electrons. The Hall–Kier alpha value is -0.770. The molecule has 4 nitrogen and oxygen atoms in total. The molecule has 2 amide bonds. The molecule has 1 aliphatic rings. The maximum Gasteiger partial charge on any atom is 0.320 e. The van der Waals surface area contributed by atoms with Gasteiger partial charge >= 0.3 is 6.03 Å². The third-order valence-corrected chi connectivity index (χ3v) is 2.87. The van der Waals surface area contributed by atoms with Gasteiger partial charge in [-0.25, -0.2) is 4.79 Å². The van der Waals surface area contributed by atoms with Crippen molar-refractivity contribution >= 4 is 6.03 Å². The van der Waals surface area contributed by atoms with Gasteiger partial charge in [0.2, 0.25) is 0 Å². The summed E-state index contributed by atoms with van der Waals surface area (Å²) in [4.78, 5) is 15.9. The number of hydrogen-bond donors (Lipinski definition) is 0. The van der Waals surface area contributed by atoms with E-state index in [0.29, 0.717) is 13.1 Å². The molecule has 1 rings (SSSR count). The third-order valence-electron chi connectivity index (χ3n) is 2.87. The Morgan fingerprint density at radius 1 is 1.44 bits per heavy atom. The van der Waals surface area contributed by atoms with Gasteiger partial charge in [0.1, 0.15) is 0 Å². The van der Waals surface area contributed by atoms with Crippen molar-refractivity contribution in [3.8, 4) is 0 Å². The maximum absolute atomic E-state index is 12.2. The molecule has 0 aromatic heterocycles. The zero-order valence-electron chi connectivity index (χ0n) is 11.1. The highest BCUT2D eigenvalue weighted by Gasteiger charge is 2.34. The van der Waals surface area contributed by atoms with E-state index < -0.39 is 0 Å². The lowest BCUT2D eigenvalue weighted by atomic mass is 10.1. The molecular formula is C12H24N2O2. The molecule has 1 atom stereocenters. The molecule has 0 aliphatic carbocycles. The summed E-state index contributed by atoms with van der Waals surface area (Å²) in [5, 5.41) is 0. The van der Waals surface area contributed by atoms with E-state index in [0.717, 1.165) is 13.1 Å². The predicted molar refractivity (Wildman–Crippen MR) is 64.5 cm³/mol. The van der Waals surface area contributed by atoms with E-state index in [-0.39, 0.29) is 17.7 Å². The number of hydrogen-bond acceptors (Lipinski definition) is 2. The molecule has 0 aromatic carbocycles. The second-order valence-electron chi connectivity index (χ2n) is 5.02. The van der Waals surface area contributed by atoms with E-state index in [1.165, 1.54) is 0 Å². The first-order chi connectivity index (χ1) is 7.39. The first kappa shape index (κ1) is 13.3. The molecule has 94 valence electrons. The van der Waals surface area contributed by atoms with Crippen molar-refractivity contribution in [2.24, 2.45) is 0 Å². The number of carbonyl (C=O) groups is 1. The van der Waals surface area contributed by atoms with Crippen LogP contribution in [0.5, 0.6) is 0 Å². The molecule has 0 aromatic rings. The summed E-state index contributed by atoms with van der Waals surface area (Å²) < 4.78 is 5.79. The van der Waals surface area contributed by atoms with Crippen molar-refractivity contribution in [1.82, 2.24) is 9.80 Å². The van der Waals surface area contributed by atoms with Crippen LogP contribution in [-0.4, -0.2) is 53.7 Å². The molecule has 4 heteroatoms. The largest absolute Gasteiger partial charge is 0.369 e. The number of carbonyl (C=O) groups excluding carboxylic acids is 1. The minimum absolute atomic E-state index is 0.114. The van der Waals surface area contributed by atoms with Crippen LogP contribution in [0.3, 0.4) is 0 Å². The SMILES string of the molecule is CCN(CC)C(=O)N1CC(C)OC(C)(C)C1. The standard InChI is InChI=1S/C12H24N2O2/c1-6-13(7-2)11(15)14-8-10(3)16-12(4,5)9-14/h10H,6-9H2,1-5H3. The van der Waals surface area contributed by atoms with Gasteiger partial charge in [-0.2, -0.15) is 0 Å². The lowest BCUT2D eigenvalue weighted by Crippen LogP contribution is -2.56. The monoisotopic (exact) mass is 228 g/mol. The van der Waals surface area contributed by atoms with Crippen molar-refractivity contribution in [3.63, 3.8) is 0 Å². The van der Waals surface area contributed by atoms with Crippen LogP contribution in [-0.2, 0) is 4.74 Å². The molecule has 1 saturated heterocycles. The molecule has 0 saturated carbocycles. The number of amides is 2. The molecule has 1 heterocycles. The number of morpholine rings is 1. The molecule has 1 aliphatic heterocycles. The first-order valence-corrected chi connectivity index (χ1v) is 6.11. The fraction of sp³-hybridized carbons (Fsp3) is 0.917. The van der Waals surface area contributed by atoms with Crippen molar-refractivity contribution in [1.29, 1.82) is 0 Å².